The van der Waals surface area contributed by atoms with E-state index in [0.717, 1.165) is 5.56 Å². The zero-order valence-corrected chi connectivity index (χ0v) is 13.7. The quantitative estimate of drug-likeness (QED) is 0.843. The summed E-state index contributed by atoms with van der Waals surface area (Å²) in [5.41, 5.74) is 2.25. The SMILES string of the molecule is CCOC(=O)N[C@H]1CS(=O)(=O)C[C@@H]1NCc1ccc(C)cc1. The number of amides is 1. The van der Waals surface area contributed by atoms with Crippen molar-refractivity contribution in [1.82, 2.24) is 10.6 Å². The van der Waals surface area contributed by atoms with Gasteiger partial charge < -0.3 is 15.4 Å². The predicted octanol–water partition coefficient (Wildman–Crippen LogP) is 0.996. The van der Waals surface area contributed by atoms with Crippen LogP contribution in [0.1, 0.15) is 18.1 Å². The first-order chi connectivity index (χ1) is 10.4. The topological polar surface area (TPSA) is 84.5 Å². The summed E-state index contributed by atoms with van der Waals surface area (Å²) < 4.78 is 28.5. The van der Waals surface area contributed by atoms with E-state index in [1.54, 1.807) is 6.92 Å². The van der Waals surface area contributed by atoms with Crippen LogP contribution in [0, 0.1) is 6.92 Å². The molecule has 1 amide bonds. The minimum atomic E-state index is -3.15. The first kappa shape index (κ1) is 16.8. The van der Waals surface area contributed by atoms with Gasteiger partial charge in [0.1, 0.15) is 0 Å². The van der Waals surface area contributed by atoms with Gasteiger partial charge in [0.2, 0.25) is 0 Å². The molecule has 22 heavy (non-hydrogen) atoms. The molecule has 1 aliphatic rings. The second-order valence-electron chi connectivity index (χ2n) is 5.52. The van der Waals surface area contributed by atoms with Crippen LogP contribution in [0.3, 0.4) is 0 Å². The lowest BCUT2D eigenvalue weighted by atomic mass is 10.1. The number of rotatable bonds is 5. The van der Waals surface area contributed by atoms with Gasteiger partial charge in [-0.2, -0.15) is 0 Å². The van der Waals surface area contributed by atoms with Crippen LogP contribution in [0.5, 0.6) is 0 Å². The fourth-order valence-corrected chi connectivity index (χ4v) is 4.37. The molecule has 0 bridgehead atoms. The second-order valence-corrected chi connectivity index (χ2v) is 7.68. The van der Waals surface area contributed by atoms with Crippen LogP contribution in [0.25, 0.3) is 0 Å². The molecule has 0 aliphatic carbocycles. The Kier molecular flexibility index (Phi) is 5.42. The predicted molar refractivity (Wildman–Crippen MR) is 84.4 cm³/mol. The molecule has 0 saturated carbocycles. The van der Waals surface area contributed by atoms with E-state index in [1.807, 2.05) is 31.2 Å². The van der Waals surface area contributed by atoms with Crippen molar-refractivity contribution in [3.63, 3.8) is 0 Å². The van der Waals surface area contributed by atoms with E-state index in [-0.39, 0.29) is 24.2 Å². The van der Waals surface area contributed by atoms with Crippen LogP contribution < -0.4 is 10.6 Å². The molecule has 6 nitrogen and oxygen atoms in total. The molecule has 1 heterocycles. The number of carbonyl (C=O) groups excluding carboxylic acids is 1. The molecule has 1 aromatic rings. The molecule has 1 fully saturated rings. The van der Waals surface area contributed by atoms with Crippen molar-refractivity contribution in [3.8, 4) is 0 Å². The lowest BCUT2D eigenvalue weighted by Crippen LogP contribution is -2.49. The number of ether oxygens (including phenoxy) is 1. The average Bonchev–Trinajstić information content (AvgIpc) is 2.72. The Labute approximate surface area is 131 Å². The standard InChI is InChI=1S/C15H22N2O4S/c1-3-21-15(18)17-14-10-22(19,20)9-13(14)16-8-12-6-4-11(2)5-7-12/h4-7,13-14,16H,3,8-10H2,1-2H3,(H,17,18)/t13-,14-/m0/s1. The summed E-state index contributed by atoms with van der Waals surface area (Å²) in [6, 6.07) is 7.25. The van der Waals surface area contributed by atoms with Gasteiger partial charge in [0, 0.05) is 12.6 Å². The molecule has 122 valence electrons. The lowest BCUT2D eigenvalue weighted by molar-refractivity contribution is 0.147. The van der Waals surface area contributed by atoms with Gasteiger partial charge in [0.25, 0.3) is 0 Å². The number of alkyl carbamates (subject to hydrolysis) is 1. The van der Waals surface area contributed by atoms with Gasteiger partial charge in [-0.05, 0) is 19.4 Å². The van der Waals surface area contributed by atoms with Crippen molar-refractivity contribution in [1.29, 1.82) is 0 Å². The fourth-order valence-electron chi connectivity index (χ4n) is 2.47. The lowest BCUT2D eigenvalue weighted by Gasteiger charge is -2.20. The Balaban J connectivity index is 1.97. The highest BCUT2D eigenvalue weighted by atomic mass is 32.2. The van der Waals surface area contributed by atoms with Crippen molar-refractivity contribution in [2.24, 2.45) is 0 Å². The molecule has 2 rings (SSSR count). The van der Waals surface area contributed by atoms with E-state index in [9.17, 15) is 13.2 Å². The zero-order chi connectivity index (χ0) is 16.2. The summed E-state index contributed by atoms with van der Waals surface area (Å²) in [6.45, 7) is 4.53. The number of nitrogens with one attached hydrogen (secondary N) is 2. The number of hydrogen-bond donors (Lipinski definition) is 2. The maximum Gasteiger partial charge on any atom is 0.407 e. The molecule has 2 N–H and O–H groups in total. The Morgan fingerprint density at radius 2 is 1.86 bits per heavy atom. The van der Waals surface area contributed by atoms with Gasteiger partial charge in [0.05, 0.1) is 24.2 Å². The average molecular weight is 326 g/mol. The highest BCUT2D eigenvalue weighted by Crippen LogP contribution is 2.14. The summed E-state index contributed by atoms with van der Waals surface area (Å²) >= 11 is 0. The second kappa shape index (κ2) is 7.11. The Bertz CT molecular complexity index is 613. The third kappa shape index (κ3) is 4.71. The molecule has 7 heteroatoms. The van der Waals surface area contributed by atoms with Gasteiger partial charge in [-0.3, -0.25) is 0 Å². The van der Waals surface area contributed by atoms with E-state index in [1.165, 1.54) is 5.56 Å². The van der Waals surface area contributed by atoms with E-state index < -0.39 is 22.0 Å². The Hall–Kier alpha value is -1.60. The normalized spacial score (nSPS) is 23.2. The molecule has 1 aromatic carbocycles. The van der Waals surface area contributed by atoms with E-state index >= 15 is 0 Å². The number of sulfone groups is 1. The van der Waals surface area contributed by atoms with E-state index in [0.29, 0.717) is 6.54 Å². The van der Waals surface area contributed by atoms with Crippen molar-refractivity contribution in [2.75, 3.05) is 18.1 Å². The van der Waals surface area contributed by atoms with E-state index in [4.69, 9.17) is 4.74 Å². The number of hydrogen-bond acceptors (Lipinski definition) is 5. The number of aryl methyl sites for hydroxylation is 1. The van der Waals surface area contributed by atoms with Crippen molar-refractivity contribution in [2.45, 2.75) is 32.5 Å². The minimum absolute atomic E-state index is 0.0237. The third-order valence-corrected chi connectivity index (χ3v) is 5.35. The highest BCUT2D eigenvalue weighted by Gasteiger charge is 2.38. The van der Waals surface area contributed by atoms with Crippen LogP contribution in [-0.4, -0.2) is 44.7 Å². The summed E-state index contributed by atoms with van der Waals surface area (Å²) in [4.78, 5) is 11.5. The fraction of sp³-hybridized carbons (Fsp3) is 0.533. The first-order valence-electron chi connectivity index (χ1n) is 7.32. The first-order valence-corrected chi connectivity index (χ1v) is 9.14. The molecule has 0 radical (unpaired) electrons. The maximum absolute atomic E-state index is 11.8. The molecule has 1 saturated heterocycles. The third-order valence-electron chi connectivity index (χ3n) is 3.62. The molecule has 1 aliphatic heterocycles. The van der Waals surface area contributed by atoms with Gasteiger partial charge in [-0.1, -0.05) is 29.8 Å². The maximum atomic E-state index is 11.8. The molecular weight excluding hydrogens is 304 g/mol. The van der Waals surface area contributed by atoms with Crippen LogP contribution in [0.15, 0.2) is 24.3 Å². The molecule has 2 atom stereocenters. The highest BCUT2D eigenvalue weighted by molar-refractivity contribution is 7.91. The van der Waals surface area contributed by atoms with Gasteiger partial charge in [-0.15, -0.1) is 0 Å². The van der Waals surface area contributed by atoms with Gasteiger partial charge in [-0.25, -0.2) is 13.2 Å². The number of benzene rings is 1. The summed E-state index contributed by atoms with van der Waals surface area (Å²) in [5.74, 6) is -0.0344. The minimum Gasteiger partial charge on any atom is -0.450 e. The molecule has 0 spiro atoms. The summed E-state index contributed by atoms with van der Waals surface area (Å²) in [5, 5.41) is 5.85. The van der Waals surface area contributed by atoms with Crippen molar-refractivity contribution in [3.05, 3.63) is 35.4 Å². The molecule has 0 unspecified atom stereocenters. The summed E-state index contributed by atoms with van der Waals surface area (Å²) in [7, 11) is -3.15. The van der Waals surface area contributed by atoms with Crippen LogP contribution in [0.2, 0.25) is 0 Å². The van der Waals surface area contributed by atoms with Crippen LogP contribution in [0.4, 0.5) is 4.79 Å². The monoisotopic (exact) mass is 326 g/mol. The summed E-state index contributed by atoms with van der Waals surface area (Å²) in [6.07, 6.45) is -0.577. The smallest absolute Gasteiger partial charge is 0.407 e. The molecule has 0 aromatic heterocycles. The van der Waals surface area contributed by atoms with Gasteiger partial charge in [0.15, 0.2) is 9.84 Å². The largest absolute Gasteiger partial charge is 0.450 e. The van der Waals surface area contributed by atoms with Crippen molar-refractivity contribution < 1.29 is 17.9 Å². The Morgan fingerprint density at radius 1 is 1.23 bits per heavy atom. The van der Waals surface area contributed by atoms with Crippen molar-refractivity contribution >= 4 is 15.9 Å². The molecular formula is C15H22N2O4S. The van der Waals surface area contributed by atoms with Crippen LogP contribution >= 0.6 is 0 Å². The Morgan fingerprint density at radius 3 is 2.50 bits per heavy atom. The van der Waals surface area contributed by atoms with E-state index in [2.05, 4.69) is 10.6 Å². The van der Waals surface area contributed by atoms with Crippen LogP contribution in [-0.2, 0) is 21.1 Å². The number of carbonyl (C=O) groups is 1. The van der Waals surface area contributed by atoms with Gasteiger partial charge >= 0.3 is 6.09 Å². The zero-order valence-electron chi connectivity index (χ0n) is 12.8.